The van der Waals surface area contributed by atoms with Gasteiger partial charge < -0.3 is 10.2 Å². The Morgan fingerprint density at radius 1 is 1.21 bits per heavy atom. The third-order valence-electron chi connectivity index (χ3n) is 3.35. The molecular formula is C15H23NO3. The number of benzene rings is 1. The van der Waals surface area contributed by atoms with Crippen LogP contribution in [-0.2, 0) is 11.3 Å². The van der Waals surface area contributed by atoms with Gasteiger partial charge in [-0.05, 0) is 31.9 Å². The van der Waals surface area contributed by atoms with Gasteiger partial charge in [0.1, 0.15) is 0 Å². The molecule has 0 aromatic heterocycles. The first-order valence-corrected chi connectivity index (χ1v) is 6.62. The molecule has 4 heteroatoms. The van der Waals surface area contributed by atoms with Crippen molar-refractivity contribution in [2.24, 2.45) is 0 Å². The molecule has 106 valence electrons. The number of carbonyl (C=O) groups is 1. The van der Waals surface area contributed by atoms with E-state index < -0.39 is 11.9 Å². The summed E-state index contributed by atoms with van der Waals surface area (Å²) in [5.74, 6) is -1.29. The van der Waals surface area contributed by atoms with Crippen LogP contribution in [0.25, 0.3) is 0 Å². The fraction of sp³-hybridized carbons (Fsp3) is 0.533. The summed E-state index contributed by atoms with van der Waals surface area (Å²) in [5.41, 5.74) is 1.94. The minimum absolute atomic E-state index is 0.145. The van der Waals surface area contributed by atoms with Gasteiger partial charge in [-0.1, -0.05) is 24.3 Å². The van der Waals surface area contributed by atoms with E-state index in [2.05, 4.69) is 18.7 Å². The Kier molecular flexibility index (Phi) is 5.99. The molecule has 0 saturated carbocycles. The number of carboxylic acids is 1. The summed E-state index contributed by atoms with van der Waals surface area (Å²) < 4.78 is 0. The van der Waals surface area contributed by atoms with E-state index in [1.54, 1.807) is 6.92 Å². The minimum atomic E-state index is -0.808. The lowest BCUT2D eigenvalue weighted by molar-refractivity contribution is -0.138. The molecule has 2 N–H and O–H groups in total. The number of hydrogen-bond donors (Lipinski definition) is 2. The lowest BCUT2D eigenvalue weighted by atomic mass is 10.00. The molecule has 19 heavy (non-hydrogen) atoms. The molecule has 0 bridgehead atoms. The fourth-order valence-electron chi connectivity index (χ4n) is 1.94. The maximum Gasteiger partial charge on any atom is 0.310 e. The largest absolute Gasteiger partial charge is 0.481 e. The third kappa shape index (κ3) is 4.65. The lowest BCUT2D eigenvalue weighted by Crippen LogP contribution is -2.32. The van der Waals surface area contributed by atoms with E-state index in [1.165, 1.54) is 0 Å². The molecule has 0 amide bonds. The number of aliphatic hydroxyl groups excluding tert-OH is 1. The van der Waals surface area contributed by atoms with E-state index in [0.717, 1.165) is 17.7 Å². The third-order valence-corrected chi connectivity index (χ3v) is 3.35. The van der Waals surface area contributed by atoms with Crippen LogP contribution >= 0.6 is 0 Å². The first-order chi connectivity index (χ1) is 8.95. The van der Waals surface area contributed by atoms with Crippen molar-refractivity contribution >= 4 is 5.97 Å². The summed E-state index contributed by atoms with van der Waals surface area (Å²) in [7, 11) is 0. The predicted octanol–water partition coefficient (Wildman–Crippen LogP) is 2.08. The number of nitrogens with zero attached hydrogens (tertiary/aromatic N) is 1. The molecule has 0 fully saturated rings. The van der Waals surface area contributed by atoms with Crippen molar-refractivity contribution in [3.8, 4) is 0 Å². The van der Waals surface area contributed by atoms with Crippen molar-refractivity contribution in [2.75, 3.05) is 13.2 Å². The van der Waals surface area contributed by atoms with Gasteiger partial charge >= 0.3 is 5.97 Å². The fourth-order valence-corrected chi connectivity index (χ4v) is 1.94. The molecule has 0 aliphatic rings. The van der Waals surface area contributed by atoms with E-state index in [-0.39, 0.29) is 6.61 Å². The highest BCUT2D eigenvalue weighted by molar-refractivity contribution is 5.75. The first-order valence-electron chi connectivity index (χ1n) is 6.62. The molecule has 0 aliphatic carbocycles. The second kappa shape index (κ2) is 7.26. The molecule has 1 aromatic carbocycles. The topological polar surface area (TPSA) is 60.8 Å². The monoisotopic (exact) mass is 265 g/mol. The van der Waals surface area contributed by atoms with Gasteiger partial charge in [0, 0.05) is 19.1 Å². The average molecular weight is 265 g/mol. The Morgan fingerprint density at radius 2 is 1.79 bits per heavy atom. The van der Waals surface area contributed by atoms with E-state index in [9.17, 15) is 4.79 Å². The van der Waals surface area contributed by atoms with Crippen LogP contribution in [0.3, 0.4) is 0 Å². The van der Waals surface area contributed by atoms with Crippen molar-refractivity contribution < 1.29 is 15.0 Å². The van der Waals surface area contributed by atoms with E-state index in [4.69, 9.17) is 10.2 Å². The second-order valence-corrected chi connectivity index (χ2v) is 5.09. The second-order valence-electron chi connectivity index (χ2n) is 5.09. The zero-order valence-electron chi connectivity index (χ0n) is 11.8. The average Bonchev–Trinajstić information content (AvgIpc) is 2.38. The standard InChI is InChI=1S/C15H23NO3/c1-11(2)16(8-9-17)10-13-4-6-14(7-5-13)12(3)15(18)19/h4-7,11-12,17H,8-10H2,1-3H3,(H,18,19). The summed E-state index contributed by atoms with van der Waals surface area (Å²) in [5, 5.41) is 18.0. The van der Waals surface area contributed by atoms with Crippen LogP contribution in [-0.4, -0.2) is 40.3 Å². The van der Waals surface area contributed by atoms with Crippen molar-refractivity contribution in [1.29, 1.82) is 0 Å². The Labute approximate surface area is 114 Å². The van der Waals surface area contributed by atoms with Crippen LogP contribution in [0.2, 0.25) is 0 Å². The number of aliphatic hydroxyl groups is 1. The zero-order chi connectivity index (χ0) is 14.4. The molecule has 0 radical (unpaired) electrons. The molecule has 1 atom stereocenters. The maximum absolute atomic E-state index is 10.9. The van der Waals surface area contributed by atoms with Crippen LogP contribution in [0.5, 0.6) is 0 Å². The Morgan fingerprint density at radius 3 is 2.21 bits per heavy atom. The van der Waals surface area contributed by atoms with Gasteiger partial charge in [-0.2, -0.15) is 0 Å². The molecule has 1 unspecified atom stereocenters. The molecular weight excluding hydrogens is 242 g/mol. The van der Waals surface area contributed by atoms with Crippen LogP contribution in [0, 0.1) is 0 Å². The Bertz CT molecular complexity index is 400. The van der Waals surface area contributed by atoms with Crippen LogP contribution in [0.15, 0.2) is 24.3 Å². The molecule has 0 saturated heterocycles. The highest BCUT2D eigenvalue weighted by Gasteiger charge is 2.14. The predicted molar refractivity (Wildman–Crippen MR) is 75.1 cm³/mol. The minimum Gasteiger partial charge on any atom is -0.481 e. The molecule has 1 rings (SSSR count). The summed E-state index contributed by atoms with van der Waals surface area (Å²) in [6, 6.07) is 8.02. The normalized spacial score (nSPS) is 12.9. The molecule has 1 aromatic rings. The quantitative estimate of drug-likeness (QED) is 0.792. The van der Waals surface area contributed by atoms with Gasteiger partial charge in [0.2, 0.25) is 0 Å². The maximum atomic E-state index is 10.9. The van der Waals surface area contributed by atoms with Gasteiger partial charge in [0.25, 0.3) is 0 Å². The number of aliphatic carboxylic acids is 1. The van der Waals surface area contributed by atoms with Crippen molar-refractivity contribution in [1.82, 2.24) is 4.90 Å². The Balaban J connectivity index is 2.73. The van der Waals surface area contributed by atoms with Gasteiger partial charge in [-0.25, -0.2) is 0 Å². The van der Waals surface area contributed by atoms with Gasteiger partial charge in [0.05, 0.1) is 12.5 Å². The Hall–Kier alpha value is -1.39. The first kappa shape index (κ1) is 15.7. The van der Waals surface area contributed by atoms with Gasteiger partial charge in [-0.3, -0.25) is 9.69 Å². The lowest BCUT2D eigenvalue weighted by Gasteiger charge is -2.25. The van der Waals surface area contributed by atoms with Crippen molar-refractivity contribution in [2.45, 2.75) is 39.3 Å². The van der Waals surface area contributed by atoms with E-state index in [0.29, 0.717) is 12.6 Å². The van der Waals surface area contributed by atoms with Crippen molar-refractivity contribution in [3.63, 3.8) is 0 Å². The van der Waals surface area contributed by atoms with E-state index >= 15 is 0 Å². The summed E-state index contributed by atoms with van der Waals surface area (Å²) in [4.78, 5) is 13.1. The summed E-state index contributed by atoms with van der Waals surface area (Å²) in [6.07, 6.45) is 0. The molecule has 0 aliphatic heterocycles. The highest BCUT2D eigenvalue weighted by Crippen LogP contribution is 2.17. The van der Waals surface area contributed by atoms with Gasteiger partial charge in [0.15, 0.2) is 0 Å². The van der Waals surface area contributed by atoms with Crippen LogP contribution < -0.4 is 0 Å². The smallest absolute Gasteiger partial charge is 0.310 e. The molecule has 0 spiro atoms. The SMILES string of the molecule is CC(C(=O)O)c1ccc(CN(CCO)C(C)C)cc1. The number of hydrogen-bond acceptors (Lipinski definition) is 3. The summed E-state index contributed by atoms with van der Waals surface area (Å²) >= 11 is 0. The number of rotatable bonds is 7. The van der Waals surface area contributed by atoms with Crippen LogP contribution in [0.4, 0.5) is 0 Å². The van der Waals surface area contributed by atoms with E-state index in [1.807, 2.05) is 24.3 Å². The molecule has 0 heterocycles. The summed E-state index contributed by atoms with van der Waals surface area (Å²) in [6.45, 7) is 7.42. The zero-order valence-corrected chi connectivity index (χ0v) is 11.8. The van der Waals surface area contributed by atoms with Gasteiger partial charge in [-0.15, -0.1) is 0 Å². The van der Waals surface area contributed by atoms with Crippen molar-refractivity contribution in [3.05, 3.63) is 35.4 Å². The molecule has 4 nitrogen and oxygen atoms in total. The van der Waals surface area contributed by atoms with Crippen LogP contribution in [0.1, 0.15) is 37.8 Å². The highest BCUT2D eigenvalue weighted by atomic mass is 16.4. The number of carboxylic acid groups (broad SMARTS) is 1.